The summed E-state index contributed by atoms with van der Waals surface area (Å²) >= 11 is 1.59. The van der Waals surface area contributed by atoms with Crippen LogP contribution in [0.1, 0.15) is 30.6 Å². The van der Waals surface area contributed by atoms with Gasteiger partial charge in [0, 0.05) is 24.0 Å². The van der Waals surface area contributed by atoms with Gasteiger partial charge in [0.15, 0.2) is 0 Å². The van der Waals surface area contributed by atoms with Crippen LogP contribution in [0.3, 0.4) is 0 Å². The standard InChI is InChI=1S/C20H27N3O2S/c1-23-11-5-6-15(14-23)9-10-19(24)21-12-16-13-22-20(26-16)17-7-3-4-8-18(17)25-2/h3-4,7-8,13,15H,5-6,9-12,14H2,1-2H3,(H,21,24). The fourth-order valence-corrected chi connectivity index (χ4v) is 4.34. The molecule has 6 heteroatoms. The molecule has 1 atom stereocenters. The molecule has 140 valence electrons. The van der Waals surface area contributed by atoms with Gasteiger partial charge in [-0.3, -0.25) is 4.79 Å². The van der Waals surface area contributed by atoms with E-state index in [1.807, 2.05) is 30.5 Å². The quantitative estimate of drug-likeness (QED) is 0.806. The zero-order chi connectivity index (χ0) is 18.4. The van der Waals surface area contributed by atoms with Crippen LogP contribution < -0.4 is 10.1 Å². The van der Waals surface area contributed by atoms with Crippen LogP contribution in [-0.2, 0) is 11.3 Å². The number of carbonyl (C=O) groups is 1. The van der Waals surface area contributed by atoms with E-state index in [1.54, 1.807) is 18.4 Å². The number of carbonyl (C=O) groups excluding carboxylic acids is 1. The van der Waals surface area contributed by atoms with Gasteiger partial charge < -0.3 is 15.0 Å². The molecule has 1 saturated heterocycles. The number of aromatic nitrogens is 1. The molecule has 2 heterocycles. The lowest BCUT2D eigenvalue weighted by molar-refractivity contribution is -0.121. The van der Waals surface area contributed by atoms with E-state index in [9.17, 15) is 4.79 Å². The molecule has 1 aromatic heterocycles. The summed E-state index contributed by atoms with van der Waals surface area (Å²) in [7, 11) is 3.83. The van der Waals surface area contributed by atoms with E-state index in [-0.39, 0.29) is 5.91 Å². The molecule has 1 aromatic carbocycles. The number of benzene rings is 1. The summed E-state index contributed by atoms with van der Waals surface area (Å²) in [6.45, 7) is 2.84. The summed E-state index contributed by atoms with van der Waals surface area (Å²) in [5.74, 6) is 1.60. The highest BCUT2D eigenvalue weighted by atomic mass is 32.1. The Labute approximate surface area is 159 Å². The van der Waals surface area contributed by atoms with Crippen molar-refractivity contribution in [3.63, 3.8) is 0 Å². The molecule has 1 N–H and O–H groups in total. The van der Waals surface area contributed by atoms with Crippen molar-refractivity contribution >= 4 is 17.2 Å². The Morgan fingerprint density at radius 1 is 1.42 bits per heavy atom. The second-order valence-corrected chi connectivity index (χ2v) is 8.03. The van der Waals surface area contributed by atoms with Gasteiger partial charge in [-0.15, -0.1) is 11.3 Å². The van der Waals surface area contributed by atoms with Gasteiger partial charge in [-0.2, -0.15) is 0 Å². The number of methoxy groups -OCH3 is 1. The first-order valence-electron chi connectivity index (χ1n) is 9.19. The van der Waals surface area contributed by atoms with E-state index < -0.39 is 0 Å². The molecule has 1 unspecified atom stereocenters. The van der Waals surface area contributed by atoms with Crippen molar-refractivity contribution in [3.8, 4) is 16.3 Å². The van der Waals surface area contributed by atoms with Crippen LogP contribution in [0.5, 0.6) is 5.75 Å². The highest BCUT2D eigenvalue weighted by Gasteiger charge is 2.18. The van der Waals surface area contributed by atoms with E-state index in [0.717, 1.165) is 34.2 Å². The average molecular weight is 374 g/mol. The minimum atomic E-state index is 0.130. The highest BCUT2D eigenvalue weighted by molar-refractivity contribution is 7.15. The fraction of sp³-hybridized carbons (Fsp3) is 0.500. The summed E-state index contributed by atoms with van der Waals surface area (Å²) in [6, 6.07) is 7.85. The monoisotopic (exact) mass is 373 g/mol. The summed E-state index contributed by atoms with van der Waals surface area (Å²) < 4.78 is 5.40. The SMILES string of the molecule is COc1ccccc1-c1ncc(CNC(=O)CCC2CCCN(C)C2)s1. The number of piperidine rings is 1. The normalized spacial score (nSPS) is 17.8. The van der Waals surface area contributed by atoms with Gasteiger partial charge in [-0.25, -0.2) is 4.98 Å². The lowest BCUT2D eigenvalue weighted by atomic mass is 9.93. The lowest BCUT2D eigenvalue weighted by Gasteiger charge is -2.29. The first kappa shape index (κ1) is 18.9. The second kappa shape index (κ2) is 9.14. The van der Waals surface area contributed by atoms with Crippen LogP contribution in [-0.4, -0.2) is 43.0 Å². The maximum Gasteiger partial charge on any atom is 0.220 e. The summed E-state index contributed by atoms with van der Waals surface area (Å²) in [5.41, 5.74) is 0.985. The molecule has 1 amide bonds. The topological polar surface area (TPSA) is 54.5 Å². The largest absolute Gasteiger partial charge is 0.496 e. The van der Waals surface area contributed by atoms with Crippen LogP contribution >= 0.6 is 11.3 Å². The first-order chi connectivity index (χ1) is 12.7. The molecule has 3 rings (SSSR count). The van der Waals surface area contributed by atoms with Crippen molar-refractivity contribution in [1.29, 1.82) is 0 Å². The van der Waals surface area contributed by atoms with Crippen LogP contribution in [0.2, 0.25) is 0 Å². The maximum atomic E-state index is 12.2. The van der Waals surface area contributed by atoms with Gasteiger partial charge in [-0.1, -0.05) is 12.1 Å². The Morgan fingerprint density at radius 2 is 2.27 bits per heavy atom. The van der Waals surface area contributed by atoms with Crippen LogP contribution in [0.25, 0.3) is 10.6 Å². The number of ether oxygens (including phenoxy) is 1. The molecule has 1 aliphatic rings. The fourth-order valence-electron chi connectivity index (χ4n) is 3.45. The van der Waals surface area contributed by atoms with Gasteiger partial charge >= 0.3 is 0 Å². The highest BCUT2D eigenvalue weighted by Crippen LogP contribution is 2.32. The Bertz CT molecular complexity index is 731. The summed E-state index contributed by atoms with van der Waals surface area (Å²) in [4.78, 5) is 20.1. The van der Waals surface area contributed by atoms with Gasteiger partial charge in [0.2, 0.25) is 5.91 Å². The Kier molecular flexibility index (Phi) is 6.63. The third kappa shape index (κ3) is 5.05. The van der Waals surface area contributed by atoms with Gasteiger partial charge in [-0.05, 0) is 50.9 Å². The number of nitrogens with one attached hydrogen (secondary N) is 1. The molecule has 0 saturated carbocycles. The molecular weight excluding hydrogens is 346 g/mol. The number of hydrogen-bond acceptors (Lipinski definition) is 5. The van der Waals surface area contributed by atoms with Crippen molar-refractivity contribution < 1.29 is 9.53 Å². The molecule has 0 aliphatic carbocycles. The molecule has 0 bridgehead atoms. The zero-order valence-electron chi connectivity index (χ0n) is 15.5. The number of rotatable bonds is 7. The van der Waals surface area contributed by atoms with Crippen LogP contribution in [0.15, 0.2) is 30.5 Å². The smallest absolute Gasteiger partial charge is 0.220 e. The zero-order valence-corrected chi connectivity index (χ0v) is 16.3. The molecule has 5 nitrogen and oxygen atoms in total. The minimum absolute atomic E-state index is 0.130. The maximum absolute atomic E-state index is 12.2. The number of nitrogens with zero attached hydrogens (tertiary/aromatic N) is 2. The lowest BCUT2D eigenvalue weighted by Crippen LogP contribution is -2.33. The van der Waals surface area contributed by atoms with Crippen molar-refractivity contribution in [2.24, 2.45) is 5.92 Å². The molecule has 1 aliphatic heterocycles. The number of amides is 1. The average Bonchev–Trinajstić information content (AvgIpc) is 3.13. The van der Waals surface area contributed by atoms with Crippen molar-refractivity contribution in [2.45, 2.75) is 32.2 Å². The van der Waals surface area contributed by atoms with Crippen LogP contribution in [0, 0.1) is 5.92 Å². The molecule has 1 fully saturated rings. The van der Waals surface area contributed by atoms with E-state index in [0.29, 0.717) is 18.9 Å². The van der Waals surface area contributed by atoms with Gasteiger partial charge in [0.25, 0.3) is 0 Å². The Balaban J connectivity index is 1.48. The summed E-state index contributed by atoms with van der Waals surface area (Å²) in [6.07, 6.45) is 5.91. The Morgan fingerprint density at radius 3 is 3.08 bits per heavy atom. The van der Waals surface area contributed by atoms with Gasteiger partial charge in [0.1, 0.15) is 10.8 Å². The van der Waals surface area contributed by atoms with E-state index in [1.165, 1.54) is 19.4 Å². The van der Waals surface area contributed by atoms with Crippen molar-refractivity contribution in [2.75, 3.05) is 27.2 Å². The Hall–Kier alpha value is -1.92. The van der Waals surface area contributed by atoms with E-state index in [4.69, 9.17) is 4.74 Å². The van der Waals surface area contributed by atoms with E-state index in [2.05, 4.69) is 22.2 Å². The molecular formula is C20H27N3O2S. The predicted molar refractivity (Wildman–Crippen MR) is 105 cm³/mol. The predicted octanol–water partition coefficient (Wildman–Crippen LogP) is 3.56. The molecule has 0 radical (unpaired) electrons. The molecule has 0 spiro atoms. The third-order valence-electron chi connectivity index (χ3n) is 4.85. The second-order valence-electron chi connectivity index (χ2n) is 6.92. The summed E-state index contributed by atoms with van der Waals surface area (Å²) in [5, 5.41) is 3.94. The van der Waals surface area contributed by atoms with Crippen molar-refractivity contribution in [1.82, 2.24) is 15.2 Å². The van der Waals surface area contributed by atoms with Crippen LogP contribution in [0.4, 0.5) is 0 Å². The van der Waals surface area contributed by atoms with Gasteiger partial charge in [0.05, 0.1) is 19.2 Å². The molecule has 26 heavy (non-hydrogen) atoms. The number of thiazole rings is 1. The number of para-hydroxylation sites is 1. The third-order valence-corrected chi connectivity index (χ3v) is 5.88. The molecule has 2 aromatic rings. The number of likely N-dealkylation sites (tertiary alicyclic amines) is 1. The number of hydrogen-bond donors (Lipinski definition) is 1. The van der Waals surface area contributed by atoms with E-state index >= 15 is 0 Å². The van der Waals surface area contributed by atoms with Crippen molar-refractivity contribution in [3.05, 3.63) is 35.3 Å². The minimum Gasteiger partial charge on any atom is -0.496 e. The first-order valence-corrected chi connectivity index (χ1v) is 10.0.